The van der Waals surface area contributed by atoms with Crippen molar-refractivity contribution in [3.8, 4) is 0 Å². The van der Waals surface area contributed by atoms with Crippen LogP contribution in [-0.4, -0.2) is 19.2 Å². The van der Waals surface area contributed by atoms with Crippen molar-refractivity contribution in [3.63, 3.8) is 0 Å². The Balaban J connectivity index is 2.44. The topological polar surface area (TPSA) is 9.23 Å². The van der Waals surface area contributed by atoms with E-state index in [2.05, 4.69) is 49.8 Å². The van der Waals surface area contributed by atoms with Gasteiger partial charge in [0.25, 0.3) is 0 Å². The SMILES string of the molecule is CC(C)(C)[Si](C)(C)OCC1(Br)CCC1. The van der Waals surface area contributed by atoms with Crippen LogP contribution in [0.25, 0.3) is 0 Å². The molecule has 0 unspecified atom stereocenters. The molecule has 0 aromatic carbocycles. The Labute approximate surface area is 97.9 Å². The van der Waals surface area contributed by atoms with Gasteiger partial charge in [-0.25, -0.2) is 0 Å². The van der Waals surface area contributed by atoms with Gasteiger partial charge < -0.3 is 4.43 Å². The highest BCUT2D eigenvalue weighted by atomic mass is 79.9. The maximum absolute atomic E-state index is 6.19. The molecule has 1 fully saturated rings. The third-order valence-corrected chi connectivity index (χ3v) is 9.25. The minimum atomic E-state index is -1.53. The number of rotatable bonds is 3. The lowest BCUT2D eigenvalue weighted by molar-refractivity contribution is 0.199. The summed E-state index contributed by atoms with van der Waals surface area (Å²) in [5.74, 6) is 0. The van der Waals surface area contributed by atoms with Crippen molar-refractivity contribution in [2.45, 2.75) is 62.5 Å². The number of halogens is 1. The van der Waals surface area contributed by atoms with Gasteiger partial charge >= 0.3 is 0 Å². The standard InChI is InChI=1S/C11H23BrOSi/c1-10(2,3)14(4,5)13-9-11(12)7-6-8-11/h6-9H2,1-5H3. The van der Waals surface area contributed by atoms with E-state index in [1.54, 1.807) is 0 Å². The van der Waals surface area contributed by atoms with E-state index in [0.717, 1.165) is 6.61 Å². The fourth-order valence-corrected chi connectivity index (χ4v) is 3.19. The highest BCUT2D eigenvalue weighted by Gasteiger charge is 2.41. The van der Waals surface area contributed by atoms with E-state index in [9.17, 15) is 0 Å². The molecule has 0 aliphatic heterocycles. The van der Waals surface area contributed by atoms with Gasteiger partial charge in [0.1, 0.15) is 0 Å². The maximum Gasteiger partial charge on any atom is 0.192 e. The first kappa shape index (κ1) is 12.7. The summed E-state index contributed by atoms with van der Waals surface area (Å²) < 4.78 is 6.51. The molecule has 0 atom stereocenters. The molecule has 0 amide bonds. The van der Waals surface area contributed by atoms with Crippen LogP contribution in [-0.2, 0) is 4.43 Å². The van der Waals surface area contributed by atoms with Gasteiger partial charge in [-0.3, -0.25) is 0 Å². The van der Waals surface area contributed by atoms with Crippen LogP contribution in [0.1, 0.15) is 40.0 Å². The van der Waals surface area contributed by atoms with Crippen molar-refractivity contribution >= 4 is 24.2 Å². The zero-order valence-electron chi connectivity index (χ0n) is 10.1. The van der Waals surface area contributed by atoms with Crippen molar-refractivity contribution in [1.82, 2.24) is 0 Å². The lowest BCUT2D eigenvalue weighted by Gasteiger charge is -2.42. The molecule has 0 radical (unpaired) electrons. The second-order valence-electron chi connectivity index (χ2n) is 6.05. The Morgan fingerprint density at radius 3 is 2.07 bits per heavy atom. The fourth-order valence-electron chi connectivity index (χ4n) is 1.23. The van der Waals surface area contributed by atoms with Crippen molar-refractivity contribution in [3.05, 3.63) is 0 Å². The predicted octanol–water partition coefficient (Wildman–Crippen LogP) is 4.33. The zero-order valence-corrected chi connectivity index (χ0v) is 12.7. The third kappa shape index (κ3) is 2.83. The van der Waals surface area contributed by atoms with E-state index < -0.39 is 8.32 Å². The van der Waals surface area contributed by atoms with Crippen molar-refractivity contribution in [1.29, 1.82) is 0 Å². The molecule has 0 N–H and O–H groups in total. The molecule has 0 bridgehead atoms. The van der Waals surface area contributed by atoms with Crippen LogP contribution < -0.4 is 0 Å². The second-order valence-corrected chi connectivity index (χ2v) is 12.5. The molecule has 0 aromatic rings. The molecule has 1 nitrogen and oxygen atoms in total. The van der Waals surface area contributed by atoms with Crippen LogP contribution in [0.5, 0.6) is 0 Å². The van der Waals surface area contributed by atoms with Gasteiger partial charge in [0.2, 0.25) is 0 Å². The lowest BCUT2D eigenvalue weighted by atomic mass is 9.86. The van der Waals surface area contributed by atoms with E-state index in [-0.39, 0.29) is 0 Å². The summed E-state index contributed by atoms with van der Waals surface area (Å²) in [4.78, 5) is 0. The van der Waals surface area contributed by atoms with Gasteiger partial charge in [0.15, 0.2) is 8.32 Å². The molecule has 0 aromatic heterocycles. The van der Waals surface area contributed by atoms with Crippen LogP contribution in [0.15, 0.2) is 0 Å². The van der Waals surface area contributed by atoms with Gasteiger partial charge in [0.05, 0.1) is 0 Å². The van der Waals surface area contributed by atoms with Crippen LogP contribution in [0, 0.1) is 0 Å². The smallest absolute Gasteiger partial charge is 0.192 e. The molecule has 1 saturated carbocycles. The number of hydrogen-bond donors (Lipinski definition) is 0. The highest BCUT2D eigenvalue weighted by Crippen LogP contribution is 2.43. The first-order chi connectivity index (χ1) is 6.16. The Bertz CT molecular complexity index is 204. The van der Waals surface area contributed by atoms with E-state index in [1.807, 2.05) is 0 Å². The summed E-state index contributed by atoms with van der Waals surface area (Å²) >= 11 is 3.78. The average Bonchev–Trinajstić information content (AvgIpc) is 1.95. The molecule has 1 rings (SSSR count). The minimum Gasteiger partial charge on any atom is -0.415 e. The van der Waals surface area contributed by atoms with Crippen molar-refractivity contribution in [2.24, 2.45) is 0 Å². The Morgan fingerprint density at radius 1 is 1.29 bits per heavy atom. The van der Waals surface area contributed by atoms with E-state index in [4.69, 9.17) is 4.43 Å². The largest absolute Gasteiger partial charge is 0.415 e. The lowest BCUT2D eigenvalue weighted by Crippen LogP contribution is -2.46. The minimum absolute atomic E-state index is 0.322. The first-order valence-electron chi connectivity index (χ1n) is 5.49. The summed E-state index contributed by atoms with van der Waals surface area (Å²) in [6.45, 7) is 12.4. The summed E-state index contributed by atoms with van der Waals surface area (Å²) in [6, 6.07) is 0. The molecule has 0 spiro atoms. The first-order valence-corrected chi connectivity index (χ1v) is 9.19. The van der Waals surface area contributed by atoms with Gasteiger partial charge in [-0.15, -0.1) is 0 Å². The number of alkyl halides is 1. The van der Waals surface area contributed by atoms with Gasteiger partial charge in [-0.2, -0.15) is 0 Å². The molecule has 84 valence electrons. The van der Waals surface area contributed by atoms with E-state index in [1.165, 1.54) is 19.3 Å². The van der Waals surface area contributed by atoms with Gasteiger partial charge in [-0.05, 0) is 31.0 Å². The van der Waals surface area contributed by atoms with Crippen molar-refractivity contribution in [2.75, 3.05) is 6.61 Å². The molecule has 14 heavy (non-hydrogen) atoms. The Hall–Kier alpha value is 0.657. The molecule has 1 aliphatic rings. The van der Waals surface area contributed by atoms with Crippen LogP contribution in [0.2, 0.25) is 18.1 Å². The van der Waals surface area contributed by atoms with Crippen LogP contribution in [0.4, 0.5) is 0 Å². The van der Waals surface area contributed by atoms with Gasteiger partial charge in [0, 0.05) is 10.9 Å². The molecular formula is C11H23BrOSi. The average molecular weight is 279 g/mol. The molecular weight excluding hydrogens is 256 g/mol. The molecule has 3 heteroatoms. The second kappa shape index (κ2) is 3.91. The summed E-state index contributed by atoms with van der Waals surface area (Å²) in [7, 11) is -1.53. The van der Waals surface area contributed by atoms with E-state index in [0.29, 0.717) is 9.36 Å². The quantitative estimate of drug-likeness (QED) is 0.552. The zero-order chi connectivity index (χ0) is 11.0. The summed E-state index contributed by atoms with van der Waals surface area (Å²) in [5.41, 5.74) is 0. The third-order valence-electron chi connectivity index (χ3n) is 3.75. The monoisotopic (exact) mass is 278 g/mol. The van der Waals surface area contributed by atoms with E-state index >= 15 is 0 Å². The highest BCUT2D eigenvalue weighted by molar-refractivity contribution is 9.10. The fraction of sp³-hybridized carbons (Fsp3) is 1.00. The summed E-state index contributed by atoms with van der Waals surface area (Å²) in [5, 5.41) is 0.333. The Kier molecular flexibility index (Phi) is 3.55. The molecule has 1 aliphatic carbocycles. The number of hydrogen-bond acceptors (Lipinski definition) is 1. The Morgan fingerprint density at radius 2 is 1.79 bits per heavy atom. The van der Waals surface area contributed by atoms with Crippen LogP contribution in [0.3, 0.4) is 0 Å². The normalized spacial score (nSPS) is 21.9. The van der Waals surface area contributed by atoms with Gasteiger partial charge in [-0.1, -0.05) is 43.1 Å². The van der Waals surface area contributed by atoms with Crippen LogP contribution >= 0.6 is 15.9 Å². The predicted molar refractivity (Wildman–Crippen MR) is 68.7 cm³/mol. The molecule has 0 heterocycles. The summed E-state index contributed by atoms with van der Waals surface area (Å²) in [6.07, 6.45) is 3.91. The van der Waals surface area contributed by atoms with Crippen molar-refractivity contribution < 1.29 is 4.43 Å². The molecule has 0 saturated heterocycles. The maximum atomic E-state index is 6.19.